The first kappa shape index (κ1) is 23.1. The third-order valence-electron chi connectivity index (χ3n) is 6.98. The van der Waals surface area contributed by atoms with Crippen LogP contribution in [0.4, 0.5) is 11.4 Å². The van der Waals surface area contributed by atoms with Gasteiger partial charge in [-0.05, 0) is 75.6 Å². The van der Waals surface area contributed by atoms with Crippen LogP contribution in [0.5, 0.6) is 0 Å². The number of amides is 1. The fourth-order valence-corrected chi connectivity index (χ4v) is 4.69. The van der Waals surface area contributed by atoms with E-state index in [1.807, 2.05) is 24.3 Å². The molecular formula is C28H36N4O. The summed E-state index contributed by atoms with van der Waals surface area (Å²) in [6.07, 6.45) is 6.69. The van der Waals surface area contributed by atoms with E-state index in [0.717, 1.165) is 54.9 Å². The van der Waals surface area contributed by atoms with Crippen molar-refractivity contribution in [1.29, 1.82) is 0 Å². The minimum atomic E-state index is -0.0819. The summed E-state index contributed by atoms with van der Waals surface area (Å²) in [5, 5.41) is 4.26. The highest BCUT2D eigenvalue weighted by Gasteiger charge is 2.19. The van der Waals surface area contributed by atoms with Crippen molar-refractivity contribution < 1.29 is 4.79 Å². The molecule has 174 valence electrons. The first-order valence-electron chi connectivity index (χ1n) is 12.2. The number of H-pyrrole nitrogens is 1. The van der Waals surface area contributed by atoms with Crippen LogP contribution in [-0.4, -0.2) is 48.0 Å². The number of fused-ring (bicyclic) bond motifs is 1. The number of aromatic amines is 1. The summed E-state index contributed by atoms with van der Waals surface area (Å²) in [5.41, 5.74) is 6.29. The third-order valence-corrected chi connectivity index (χ3v) is 6.98. The second kappa shape index (κ2) is 10.3. The number of benzene rings is 2. The summed E-state index contributed by atoms with van der Waals surface area (Å²) in [5.74, 6) is -0.0819. The zero-order valence-corrected chi connectivity index (χ0v) is 20.3. The standard InChI is InChI=1S/C28H36N4O/c1-5-20(4)32-15-13-21(14-16-32)26-19-29-27-12-11-23(18-25(26)27)30-28(33)22-9-8-10-24(17-22)31(6-2)7-3/h8-13,17-20,29H,5-7,14-16H2,1-4H3,(H,30,33). The SMILES string of the molecule is CCC(C)N1CC=C(c2c[nH]c3ccc(NC(=O)c4cccc(N(CC)CC)c4)cc23)CC1. The van der Waals surface area contributed by atoms with E-state index in [1.54, 1.807) is 0 Å². The topological polar surface area (TPSA) is 51.4 Å². The molecule has 2 aromatic carbocycles. The van der Waals surface area contributed by atoms with Crippen molar-refractivity contribution in [2.75, 3.05) is 36.4 Å². The fourth-order valence-electron chi connectivity index (χ4n) is 4.69. The lowest BCUT2D eigenvalue weighted by atomic mass is 9.97. The molecule has 1 atom stereocenters. The Balaban J connectivity index is 1.54. The van der Waals surface area contributed by atoms with E-state index < -0.39 is 0 Å². The van der Waals surface area contributed by atoms with Crippen LogP contribution in [0.3, 0.4) is 0 Å². The van der Waals surface area contributed by atoms with Gasteiger partial charge in [0.2, 0.25) is 0 Å². The highest BCUT2D eigenvalue weighted by molar-refractivity contribution is 6.06. The van der Waals surface area contributed by atoms with Gasteiger partial charge in [-0.25, -0.2) is 0 Å². The van der Waals surface area contributed by atoms with Gasteiger partial charge in [-0.3, -0.25) is 9.69 Å². The zero-order valence-electron chi connectivity index (χ0n) is 20.3. The molecule has 0 radical (unpaired) electrons. The molecule has 0 saturated heterocycles. The summed E-state index contributed by atoms with van der Waals surface area (Å²) < 4.78 is 0. The molecule has 2 N–H and O–H groups in total. The van der Waals surface area contributed by atoms with E-state index >= 15 is 0 Å². The number of hydrogen-bond acceptors (Lipinski definition) is 3. The molecule has 1 amide bonds. The van der Waals surface area contributed by atoms with Gasteiger partial charge in [0.15, 0.2) is 0 Å². The summed E-state index contributed by atoms with van der Waals surface area (Å²) in [7, 11) is 0. The highest BCUT2D eigenvalue weighted by Crippen LogP contribution is 2.31. The zero-order chi connectivity index (χ0) is 23.4. The molecule has 5 heteroatoms. The molecule has 33 heavy (non-hydrogen) atoms. The molecule has 1 unspecified atom stereocenters. The number of nitrogens with zero attached hydrogens (tertiary/aromatic N) is 2. The maximum atomic E-state index is 13.0. The van der Waals surface area contributed by atoms with Gasteiger partial charge in [0.05, 0.1) is 0 Å². The Bertz CT molecular complexity index is 1140. The molecule has 0 spiro atoms. The van der Waals surface area contributed by atoms with Crippen LogP contribution in [0.25, 0.3) is 16.5 Å². The molecule has 1 aliphatic rings. The van der Waals surface area contributed by atoms with E-state index in [4.69, 9.17) is 0 Å². The van der Waals surface area contributed by atoms with Gasteiger partial charge in [-0.1, -0.05) is 19.1 Å². The predicted octanol–water partition coefficient (Wildman–Crippen LogP) is 6.15. The van der Waals surface area contributed by atoms with Gasteiger partial charge >= 0.3 is 0 Å². The maximum absolute atomic E-state index is 13.0. The van der Waals surface area contributed by atoms with Gasteiger partial charge in [-0.2, -0.15) is 0 Å². The van der Waals surface area contributed by atoms with Gasteiger partial charge in [0.1, 0.15) is 0 Å². The van der Waals surface area contributed by atoms with Crippen LogP contribution in [0.15, 0.2) is 54.7 Å². The Kier molecular flexibility index (Phi) is 7.19. The number of anilines is 2. The van der Waals surface area contributed by atoms with Crippen LogP contribution in [0.1, 0.15) is 56.5 Å². The second-order valence-corrected chi connectivity index (χ2v) is 8.87. The lowest BCUT2D eigenvalue weighted by Gasteiger charge is -2.31. The number of aromatic nitrogens is 1. The molecule has 0 fully saturated rings. The van der Waals surface area contributed by atoms with E-state index in [1.165, 1.54) is 17.6 Å². The molecular weight excluding hydrogens is 408 g/mol. The van der Waals surface area contributed by atoms with Gasteiger partial charge in [0.25, 0.3) is 5.91 Å². The van der Waals surface area contributed by atoms with E-state index in [9.17, 15) is 4.79 Å². The molecule has 0 aliphatic carbocycles. The summed E-state index contributed by atoms with van der Waals surface area (Å²) in [4.78, 5) is 21.2. The highest BCUT2D eigenvalue weighted by atomic mass is 16.1. The van der Waals surface area contributed by atoms with Crippen molar-refractivity contribution in [2.24, 2.45) is 0 Å². The number of carbonyl (C=O) groups is 1. The largest absolute Gasteiger partial charge is 0.372 e. The average Bonchev–Trinajstić information content (AvgIpc) is 3.28. The fraction of sp³-hybridized carbons (Fsp3) is 0.393. The Labute approximate surface area is 197 Å². The lowest BCUT2D eigenvalue weighted by Crippen LogP contribution is -2.35. The monoisotopic (exact) mass is 444 g/mol. The molecule has 1 aliphatic heterocycles. The lowest BCUT2D eigenvalue weighted by molar-refractivity contribution is 0.102. The van der Waals surface area contributed by atoms with E-state index in [-0.39, 0.29) is 5.91 Å². The number of nitrogens with one attached hydrogen (secondary N) is 2. The normalized spacial score (nSPS) is 15.3. The minimum absolute atomic E-state index is 0.0819. The van der Waals surface area contributed by atoms with Crippen LogP contribution in [0, 0.1) is 0 Å². The molecule has 2 heterocycles. The Morgan fingerprint density at radius 2 is 1.97 bits per heavy atom. The van der Waals surface area contributed by atoms with E-state index in [2.05, 4.69) is 78.3 Å². The van der Waals surface area contributed by atoms with E-state index in [0.29, 0.717) is 11.6 Å². The smallest absolute Gasteiger partial charge is 0.255 e. The van der Waals surface area contributed by atoms with Crippen LogP contribution >= 0.6 is 0 Å². The van der Waals surface area contributed by atoms with Crippen LogP contribution in [0.2, 0.25) is 0 Å². The van der Waals surface area contributed by atoms with Gasteiger partial charge < -0.3 is 15.2 Å². The van der Waals surface area contributed by atoms with Crippen molar-refractivity contribution in [1.82, 2.24) is 9.88 Å². The number of carbonyl (C=O) groups excluding carboxylic acids is 1. The Morgan fingerprint density at radius 3 is 2.67 bits per heavy atom. The molecule has 0 bridgehead atoms. The maximum Gasteiger partial charge on any atom is 0.255 e. The summed E-state index contributed by atoms with van der Waals surface area (Å²) in [6.45, 7) is 12.7. The molecule has 0 saturated carbocycles. The summed E-state index contributed by atoms with van der Waals surface area (Å²) >= 11 is 0. The minimum Gasteiger partial charge on any atom is -0.372 e. The van der Waals surface area contributed by atoms with Crippen LogP contribution < -0.4 is 10.2 Å². The van der Waals surface area contributed by atoms with Crippen LogP contribution in [-0.2, 0) is 0 Å². The number of rotatable bonds is 8. The Hall–Kier alpha value is -3.05. The number of hydrogen-bond donors (Lipinski definition) is 2. The van der Waals surface area contributed by atoms with Crippen molar-refractivity contribution in [3.63, 3.8) is 0 Å². The first-order valence-corrected chi connectivity index (χ1v) is 12.2. The third kappa shape index (κ3) is 4.98. The summed E-state index contributed by atoms with van der Waals surface area (Å²) in [6, 6.07) is 14.6. The molecule has 5 nitrogen and oxygen atoms in total. The van der Waals surface area contributed by atoms with Crippen molar-refractivity contribution in [3.8, 4) is 0 Å². The van der Waals surface area contributed by atoms with Crippen molar-refractivity contribution in [3.05, 3.63) is 65.9 Å². The second-order valence-electron chi connectivity index (χ2n) is 8.87. The Morgan fingerprint density at radius 1 is 1.15 bits per heavy atom. The van der Waals surface area contributed by atoms with Gasteiger partial charge in [-0.15, -0.1) is 0 Å². The predicted molar refractivity (Wildman–Crippen MR) is 140 cm³/mol. The molecule has 4 rings (SSSR count). The molecule has 3 aromatic rings. The quantitative estimate of drug-likeness (QED) is 0.438. The van der Waals surface area contributed by atoms with Crippen molar-refractivity contribution in [2.45, 2.75) is 46.6 Å². The average molecular weight is 445 g/mol. The van der Waals surface area contributed by atoms with Crippen molar-refractivity contribution >= 4 is 33.8 Å². The first-order chi connectivity index (χ1) is 16.0. The molecule has 1 aromatic heterocycles. The van der Waals surface area contributed by atoms with Gasteiger partial charge in [0, 0.05) is 71.8 Å².